The third-order valence-corrected chi connectivity index (χ3v) is 5.33. The smallest absolute Gasteiger partial charge is 0.410 e. The van der Waals surface area contributed by atoms with Gasteiger partial charge in [0, 0.05) is 25.2 Å². The number of anilines is 1. The molecule has 1 saturated heterocycles. The number of nitrogens with zero attached hydrogens (tertiary/aromatic N) is 2. The molecule has 0 aromatic heterocycles. The van der Waals surface area contributed by atoms with Crippen LogP contribution >= 0.6 is 15.9 Å². The van der Waals surface area contributed by atoms with E-state index < -0.39 is 5.60 Å². The van der Waals surface area contributed by atoms with Crippen LogP contribution in [0.25, 0.3) is 0 Å². The predicted molar refractivity (Wildman–Crippen MR) is 120 cm³/mol. The number of carbonyl (C=O) groups excluding carboxylic acids is 1. The highest BCUT2D eigenvalue weighted by Gasteiger charge is 2.27. The van der Waals surface area contributed by atoms with Crippen molar-refractivity contribution in [2.24, 2.45) is 0 Å². The summed E-state index contributed by atoms with van der Waals surface area (Å²) in [4.78, 5) is 14.0. The zero-order chi connectivity index (χ0) is 21.7. The molecule has 0 spiro atoms. The molecule has 0 saturated carbocycles. The van der Waals surface area contributed by atoms with Crippen LogP contribution in [0, 0.1) is 11.3 Å². The number of ether oxygens (including phenoxy) is 2. The van der Waals surface area contributed by atoms with E-state index in [9.17, 15) is 10.1 Å². The van der Waals surface area contributed by atoms with Gasteiger partial charge in [0.2, 0.25) is 0 Å². The molecule has 0 aliphatic carbocycles. The van der Waals surface area contributed by atoms with Gasteiger partial charge in [0.05, 0.1) is 21.8 Å². The molecule has 158 valence electrons. The summed E-state index contributed by atoms with van der Waals surface area (Å²) in [6, 6.07) is 15.3. The Hall–Kier alpha value is -2.72. The van der Waals surface area contributed by atoms with Gasteiger partial charge < -0.3 is 19.7 Å². The molecule has 0 bridgehead atoms. The van der Waals surface area contributed by atoms with E-state index in [0.29, 0.717) is 30.2 Å². The normalized spacial score (nSPS) is 14.7. The van der Waals surface area contributed by atoms with Gasteiger partial charge in [0.15, 0.2) is 5.75 Å². The molecule has 1 fully saturated rings. The number of likely N-dealkylation sites (tertiary alicyclic amines) is 1. The van der Waals surface area contributed by atoms with Crippen LogP contribution in [0.3, 0.4) is 0 Å². The summed E-state index contributed by atoms with van der Waals surface area (Å²) >= 11 is 3.49. The fraction of sp³-hybridized carbons (Fsp3) is 0.391. The van der Waals surface area contributed by atoms with E-state index in [1.54, 1.807) is 17.0 Å². The average molecular weight is 472 g/mol. The lowest BCUT2D eigenvalue weighted by molar-refractivity contribution is 0.0210. The predicted octanol–water partition coefficient (Wildman–Crippen LogP) is 5.92. The maximum absolute atomic E-state index is 12.3. The minimum atomic E-state index is -0.493. The van der Waals surface area contributed by atoms with Gasteiger partial charge in [-0.3, -0.25) is 0 Å². The number of nitrogens with one attached hydrogen (secondary N) is 1. The van der Waals surface area contributed by atoms with Gasteiger partial charge in [-0.15, -0.1) is 0 Å². The standard InChI is InChI=1S/C23H26BrN3O3/c1-23(2,3)30-22(28)27-12-10-17(11-13-27)26-19-9-8-16(15-25)14-21(19)29-20-7-5-4-6-18(20)24/h4-9,14,17,26H,10-13H2,1-3H3. The number of hydrogen-bond acceptors (Lipinski definition) is 5. The molecule has 7 heteroatoms. The van der Waals surface area contributed by atoms with Crippen molar-refractivity contribution in [3.05, 3.63) is 52.5 Å². The van der Waals surface area contributed by atoms with Crippen LogP contribution in [0.4, 0.5) is 10.5 Å². The largest absolute Gasteiger partial charge is 0.454 e. The first-order valence-electron chi connectivity index (χ1n) is 9.96. The van der Waals surface area contributed by atoms with Gasteiger partial charge in [0.25, 0.3) is 0 Å². The van der Waals surface area contributed by atoms with E-state index in [-0.39, 0.29) is 12.1 Å². The van der Waals surface area contributed by atoms with Crippen LogP contribution in [0.15, 0.2) is 46.9 Å². The zero-order valence-corrected chi connectivity index (χ0v) is 19.0. The lowest BCUT2D eigenvalue weighted by Crippen LogP contribution is -2.44. The Kier molecular flexibility index (Phi) is 6.88. The molecule has 30 heavy (non-hydrogen) atoms. The van der Waals surface area contributed by atoms with Crippen LogP contribution in [0.5, 0.6) is 11.5 Å². The highest BCUT2D eigenvalue weighted by molar-refractivity contribution is 9.10. The summed E-state index contributed by atoms with van der Waals surface area (Å²) in [5, 5.41) is 12.8. The van der Waals surface area contributed by atoms with Gasteiger partial charge in [-0.2, -0.15) is 5.26 Å². The average Bonchev–Trinajstić information content (AvgIpc) is 2.70. The molecular weight excluding hydrogens is 446 g/mol. The van der Waals surface area contributed by atoms with Crippen LogP contribution in [-0.4, -0.2) is 35.7 Å². The topological polar surface area (TPSA) is 74.6 Å². The fourth-order valence-corrected chi connectivity index (χ4v) is 3.56. The van der Waals surface area contributed by atoms with Crippen molar-refractivity contribution < 1.29 is 14.3 Å². The van der Waals surface area contributed by atoms with Crippen molar-refractivity contribution in [3.8, 4) is 17.6 Å². The molecule has 6 nitrogen and oxygen atoms in total. The highest BCUT2D eigenvalue weighted by Crippen LogP contribution is 2.35. The molecule has 1 N–H and O–H groups in total. The molecule has 0 unspecified atom stereocenters. The molecule has 0 radical (unpaired) electrons. The second-order valence-electron chi connectivity index (χ2n) is 8.24. The molecule has 2 aromatic carbocycles. The third-order valence-electron chi connectivity index (χ3n) is 4.67. The maximum atomic E-state index is 12.3. The van der Waals surface area contributed by atoms with E-state index in [0.717, 1.165) is 23.0 Å². The van der Waals surface area contributed by atoms with Crippen LogP contribution in [0.1, 0.15) is 39.2 Å². The van der Waals surface area contributed by atoms with Crippen molar-refractivity contribution in [3.63, 3.8) is 0 Å². The van der Waals surface area contributed by atoms with E-state index in [2.05, 4.69) is 27.3 Å². The molecule has 1 heterocycles. The first-order chi connectivity index (χ1) is 14.2. The summed E-state index contributed by atoms with van der Waals surface area (Å²) in [5.41, 5.74) is 0.856. The van der Waals surface area contributed by atoms with Crippen molar-refractivity contribution in [2.45, 2.75) is 45.3 Å². The second kappa shape index (κ2) is 9.40. The minimum absolute atomic E-state index is 0.193. The maximum Gasteiger partial charge on any atom is 0.410 e. The number of carbonyl (C=O) groups is 1. The van der Waals surface area contributed by atoms with Gasteiger partial charge in [-0.25, -0.2) is 4.79 Å². The number of halogens is 1. The number of amides is 1. The summed E-state index contributed by atoms with van der Waals surface area (Å²) in [6.07, 6.45) is 1.33. The Morgan fingerprint density at radius 1 is 1.17 bits per heavy atom. The molecule has 1 aliphatic heterocycles. The second-order valence-corrected chi connectivity index (χ2v) is 9.10. The Bertz CT molecular complexity index is 941. The lowest BCUT2D eigenvalue weighted by Gasteiger charge is -2.34. The first-order valence-corrected chi connectivity index (χ1v) is 10.8. The Morgan fingerprint density at radius 2 is 1.87 bits per heavy atom. The lowest BCUT2D eigenvalue weighted by atomic mass is 10.0. The van der Waals surface area contributed by atoms with E-state index in [1.807, 2.05) is 51.1 Å². The summed E-state index contributed by atoms with van der Waals surface area (Å²) in [7, 11) is 0. The molecule has 1 aliphatic rings. The monoisotopic (exact) mass is 471 g/mol. The summed E-state index contributed by atoms with van der Waals surface area (Å²) < 4.78 is 12.4. The zero-order valence-electron chi connectivity index (χ0n) is 17.4. The van der Waals surface area contributed by atoms with Gasteiger partial charge in [-0.1, -0.05) is 12.1 Å². The van der Waals surface area contributed by atoms with Gasteiger partial charge in [-0.05, 0) is 73.8 Å². The highest BCUT2D eigenvalue weighted by atomic mass is 79.9. The van der Waals surface area contributed by atoms with Crippen LogP contribution in [-0.2, 0) is 4.74 Å². The Morgan fingerprint density at radius 3 is 2.50 bits per heavy atom. The molecule has 1 amide bonds. The molecule has 3 rings (SSSR count). The van der Waals surface area contributed by atoms with E-state index >= 15 is 0 Å². The van der Waals surface area contributed by atoms with Crippen molar-refractivity contribution in [1.29, 1.82) is 5.26 Å². The molecular formula is C23H26BrN3O3. The quantitative estimate of drug-likeness (QED) is 0.598. The first kappa shape index (κ1) is 22.0. The van der Waals surface area contributed by atoms with Crippen LogP contribution < -0.4 is 10.1 Å². The van der Waals surface area contributed by atoms with E-state index in [4.69, 9.17) is 9.47 Å². The third kappa shape index (κ3) is 5.90. The number of para-hydroxylation sites is 1. The Balaban J connectivity index is 1.68. The molecule has 0 atom stereocenters. The van der Waals surface area contributed by atoms with Crippen LogP contribution in [0.2, 0.25) is 0 Å². The van der Waals surface area contributed by atoms with Crippen molar-refractivity contribution >= 4 is 27.7 Å². The van der Waals surface area contributed by atoms with Gasteiger partial charge >= 0.3 is 6.09 Å². The number of piperidine rings is 1. The SMILES string of the molecule is CC(C)(C)OC(=O)N1CCC(Nc2ccc(C#N)cc2Oc2ccccc2Br)CC1. The summed E-state index contributed by atoms with van der Waals surface area (Å²) in [6.45, 7) is 6.87. The Labute approximate surface area is 185 Å². The van der Waals surface area contributed by atoms with Crippen molar-refractivity contribution in [1.82, 2.24) is 4.90 Å². The number of rotatable bonds is 4. The fourth-order valence-electron chi connectivity index (χ4n) is 3.19. The number of nitriles is 1. The number of hydrogen-bond donors (Lipinski definition) is 1. The summed E-state index contributed by atoms with van der Waals surface area (Å²) in [5.74, 6) is 1.27. The minimum Gasteiger partial charge on any atom is -0.454 e. The molecule has 2 aromatic rings. The van der Waals surface area contributed by atoms with E-state index in [1.165, 1.54) is 0 Å². The number of benzene rings is 2. The van der Waals surface area contributed by atoms with Gasteiger partial charge in [0.1, 0.15) is 11.4 Å². The van der Waals surface area contributed by atoms with Crippen molar-refractivity contribution in [2.75, 3.05) is 18.4 Å².